The predicted molar refractivity (Wildman–Crippen MR) is 233 cm³/mol. The normalized spacial score (nSPS) is 14.3. The average Bonchev–Trinajstić information content (AvgIpc) is 3.89. The number of carbonyl (C=O) groups is 2. The molecule has 1 aromatic heterocycles. The Kier molecular flexibility index (Phi) is 13.4. The van der Waals surface area contributed by atoms with E-state index in [1.165, 1.54) is 56.9 Å². The zero-order chi connectivity index (χ0) is 43.3. The van der Waals surface area contributed by atoms with E-state index in [0.29, 0.717) is 40.7 Å². The third-order valence-electron chi connectivity index (χ3n) is 11.9. The van der Waals surface area contributed by atoms with Crippen LogP contribution in [0, 0.1) is 18.8 Å². The highest BCUT2D eigenvalue weighted by atomic mass is 19.3. The van der Waals surface area contributed by atoms with Gasteiger partial charge in [0.25, 0.3) is 0 Å². The predicted octanol–water partition coefficient (Wildman–Crippen LogP) is 12.9. The van der Waals surface area contributed by atoms with Crippen molar-refractivity contribution in [3.05, 3.63) is 119 Å². The van der Waals surface area contributed by atoms with Crippen LogP contribution in [-0.4, -0.2) is 47.6 Å². The molecular weight excluding hydrogens is 785 g/mol. The number of benzene rings is 5. The summed E-state index contributed by atoms with van der Waals surface area (Å²) in [6.07, 6.45) is 5.24. The van der Waals surface area contributed by atoms with Crippen molar-refractivity contribution >= 4 is 50.0 Å². The number of hydrogen-bond donors (Lipinski definition) is 0. The molecule has 7 nitrogen and oxygen atoms in total. The molecule has 0 bridgehead atoms. The van der Waals surface area contributed by atoms with E-state index >= 15 is 0 Å². The average molecular weight is 837 g/mol. The van der Waals surface area contributed by atoms with E-state index < -0.39 is 24.9 Å². The molecule has 1 heterocycles. The lowest BCUT2D eigenvalue weighted by Crippen LogP contribution is -2.33. The lowest BCUT2D eigenvalue weighted by molar-refractivity contribution is -0.148. The molecule has 1 fully saturated rings. The van der Waals surface area contributed by atoms with Crippen molar-refractivity contribution in [3.8, 4) is 11.5 Å². The molecule has 0 N–H and O–H groups in total. The van der Waals surface area contributed by atoms with E-state index in [1.54, 1.807) is 0 Å². The van der Waals surface area contributed by atoms with Gasteiger partial charge in [0, 0.05) is 57.4 Å². The van der Waals surface area contributed by atoms with E-state index in [0.717, 1.165) is 76.1 Å². The monoisotopic (exact) mass is 836 g/mol. The minimum absolute atomic E-state index is 0.0477. The second kappa shape index (κ2) is 18.9. The van der Waals surface area contributed by atoms with Gasteiger partial charge in [0.2, 0.25) is 0 Å². The second-order valence-corrected chi connectivity index (χ2v) is 16.3. The van der Waals surface area contributed by atoms with Gasteiger partial charge in [-0.15, -0.1) is 0 Å². The number of ether oxygens (including phenoxy) is 2. The van der Waals surface area contributed by atoms with Crippen molar-refractivity contribution in [2.24, 2.45) is 17.0 Å². The van der Waals surface area contributed by atoms with Gasteiger partial charge in [-0.05, 0) is 110 Å². The first-order valence-corrected chi connectivity index (χ1v) is 21.3. The molecule has 5 aromatic carbocycles. The lowest BCUT2D eigenvalue weighted by atomic mass is 9.92. The molecule has 61 heavy (non-hydrogen) atoms. The number of halogens is 4. The van der Waals surface area contributed by atoms with Gasteiger partial charge >= 0.3 is 18.3 Å². The number of oxime groups is 1. The quantitative estimate of drug-likeness (QED) is 0.0283. The van der Waals surface area contributed by atoms with Crippen LogP contribution in [0.4, 0.5) is 17.6 Å². The van der Waals surface area contributed by atoms with Crippen molar-refractivity contribution < 1.29 is 41.5 Å². The van der Waals surface area contributed by atoms with Gasteiger partial charge in [-0.3, -0.25) is 4.79 Å². The summed E-state index contributed by atoms with van der Waals surface area (Å²) in [6.45, 7) is 7.52. The molecule has 1 aliphatic carbocycles. The van der Waals surface area contributed by atoms with Crippen LogP contribution in [0.1, 0.15) is 105 Å². The molecule has 0 amide bonds. The molecule has 320 valence electrons. The molecule has 1 saturated carbocycles. The van der Waals surface area contributed by atoms with Crippen LogP contribution in [0.2, 0.25) is 0 Å². The van der Waals surface area contributed by atoms with Crippen LogP contribution in [0.3, 0.4) is 0 Å². The first-order valence-electron chi connectivity index (χ1n) is 21.3. The number of rotatable bonds is 18. The van der Waals surface area contributed by atoms with Gasteiger partial charge in [-0.25, -0.2) is 13.6 Å². The highest BCUT2D eigenvalue weighted by molar-refractivity contribution is 6.26. The Morgan fingerprint density at radius 1 is 0.820 bits per heavy atom. The van der Waals surface area contributed by atoms with Crippen molar-refractivity contribution in [1.29, 1.82) is 0 Å². The van der Waals surface area contributed by atoms with E-state index in [1.807, 2.05) is 67.6 Å². The van der Waals surface area contributed by atoms with Crippen molar-refractivity contribution in [2.75, 3.05) is 13.2 Å². The second-order valence-electron chi connectivity index (χ2n) is 16.3. The van der Waals surface area contributed by atoms with Gasteiger partial charge in [0.15, 0.2) is 12.4 Å². The molecule has 0 saturated heterocycles. The molecule has 11 heteroatoms. The van der Waals surface area contributed by atoms with Gasteiger partial charge in [0.1, 0.15) is 17.2 Å². The highest BCUT2D eigenvalue weighted by Gasteiger charge is 2.41. The van der Waals surface area contributed by atoms with Gasteiger partial charge in [-0.2, -0.15) is 8.78 Å². The SMILES string of the molecule is CCCCC(CC)Cn1c2ccc(/C(=N\OC(C)=O)c3ccc(OCC(F)(F)C(F)F)cc3)cc2c2cc(C(=O)c3ccc(OCC4CCCC4)cc3C)c3ccccc3c21. The first-order chi connectivity index (χ1) is 29.4. The number of unbranched alkanes of at least 4 members (excludes halogenated alkanes) is 1. The van der Waals surface area contributed by atoms with Crippen LogP contribution < -0.4 is 9.47 Å². The van der Waals surface area contributed by atoms with E-state index in [9.17, 15) is 27.2 Å². The smallest absolute Gasteiger partial charge is 0.340 e. The summed E-state index contributed by atoms with van der Waals surface area (Å²) in [4.78, 5) is 32.0. The Balaban J connectivity index is 1.35. The number of aryl methyl sites for hydroxylation is 1. The van der Waals surface area contributed by atoms with E-state index in [4.69, 9.17) is 14.3 Å². The lowest BCUT2D eigenvalue weighted by Gasteiger charge is -2.19. The number of fused-ring (bicyclic) bond motifs is 5. The Morgan fingerprint density at radius 3 is 2.20 bits per heavy atom. The minimum Gasteiger partial charge on any atom is -0.493 e. The van der Waals surface area contributed by atoms with Crippen LogP contribution in [0.5, 0.6) is 11.5 Å². The number of nitrogens with zero attached hydrogens (tertiary/aromatic N) is 2. The molecule has 7 rings (SSSR count). The maximum absolute atomic E-state index is 14.8. The number of aromatic nitrogens is 1. The Labute approximate surface area is 353 Å². The highest BCUT2D eigenvalue weighted by Crippen LogP contribution is 2.39. The Hall–Kier alpha value is -5.71. The maximum atomic E-state index is 14.8. The van der Waals surface area contributed by atoms with Crippen molar-refractivity contribution in [1.82, 2.24) is 4.57 Å². The van der Waals surface area contributed by atoms with Gasteiger partial charge < -0.3 is 18.9 Å². The Morgan fingerprint density at radius 2 is 1.52 bits per heavy atom. The summed E-state index contributed by atoms with van der Waals surface area (Å²) in [5.74, 6) is -3.39. The molecule has 1 aliphatic rings. The number of alkyl halides is 4. The molecule has 0 aliphatic heterocycles. The van der Waals surface area contributed by atoms with Gasteiger partial charge in [-0.1, -0.05) is 81.4 Å². The van der Waals surface area contributed by atoms with E-state index in [2.05, 4.69) is 29.6 Å². The van der Waals surface area contributed by atoms with E-state index in [-0.39, 0.29) is 17.2 Å². The maximum Gasteiger partial charge on any atom is 0.340 e. The number of carbonyl (C=O) groups excluding carboxylic acids is 2. The summed E-state index contributed by atoms with van der Waals surface area (Å²) in [7, 11) is 0. The summed E-state index contributed by atoms with van der Waals surface area (Å²) >= 11 is 0. The standard InChI is InChI=1S/C50H52F4N2O5/c1-5-7-12-33(6-2)28-56-45-24-19-36(46(55-61-32(4)57)35-17-20-37(21-18-35)60-30-50(53,54)49(51)52)26-42(45)43-27-44(40-15-10-11-16-41(40)47(43)56)48(58)39-23-22-38(25-31(39)3)59-29-34-13-8-9-14-34/h10-11,15-27,33-34,49H,5-9,12-14,28-30H2,1-4H3/b55-46-. The minimum atomic E-state index is -4.31. The summed E-state index contributed by atoms with van der Waals surface area (Å²) in [6, 6.07) is 27.4. The number of ketones is 1. The molecule has 6 aromatic rings. The largest absolute Gasteiger partial charge is 0.493 e. The third kappa shape index (κ3) is 9.61. The molecule has 0 spiro atoms. The summed E-state index contributed by atoms with van der Waals surface area (Å²) in [5.41, 5.74) is 5.24. The molecule has 1 unspecified atom stereocenters. The zero-order valence-electron chi connectivity index (χ0n) is 35.1. The Bertz CT molecular complexity index is 2560. The first kappa shape index (κ1) is 43.4. The molecule has 0 radical (unpaired) electrons. The van der Waals surface area contributed by atoms with Crippen molar-refractivity contribution in [2.45, 2.75) is 98.0 Å². The van der Waals surface area contributed by atoms with Crippen LogP contribution in [0.15, 0.2) is 96.2 Å². The fourth-order valence-corrected chi connectivity index (χ4v) is 8.51. The fraction of sp³-hybridized carbons (Fsp3) is 0.380. The topological polar surface area (TPSA) is 79.1 Å². The molecule has 1 atom stereocenters. The van der Waals surface area contributed by atoms with Crippen LogP contribution >= 0.6 is 0 Å². The van der Waals surface area contributed by atoms with Crippen LogP contribution in [-0.2, 0) is 16.2 Å². The van der Waals surface area contributed by atoms with Crippen LogP contribution in [0.25, 0.3) is 32.6 Å². The fourth-order valence-electron chi connectivity index (χ4n) is 8.51. The van der Waals surface area contributed by atoms with Crippen molar-refractivity contribution in [3.63, 3.8) is 0 Å². The third-order valence-corrected chi connectivity index (χ3v) is 11.9. The van der Waals surface area contributed by atoms with Gasteiger partial charge in [0.05, 0.1) is 12.1 Å². The summed E-state index contributed by atoms with van der Waals surface area (Å²) < 4.78 is 66.3. The summed E-state index contributed by atoms with van der Waals surface area (Å²) in [5, 5.41) is 7.73. The number of hydrogen-bond acceptors (Lipinski definition) is 6. The molecular formula is C50H52F4N2O5. The zero-order valence-corrected chi connectivity index (χ0v) is 35.1.